The smallest absolute Gasteiger partial charge is 0.220 e. The van der Waals surface area contributed by atoms with Gasteiger partial charge in [0, 0.05) is 6.42 Å². The lowest BCUT2D eigenvalue weighted by Gasteiger charge is -2.48. The Morgan fingerprint density at radius 2 is 0.710 bits per heavy atom. The molecule has 546 valence electrons. The zero-order chi connectivity index (χ0) is 67.5. The van der Waals surface area contributed by atoms with Gasteiger partial charge in [0.05, 0.1) is 38.6 Å². The number of rotatable bonds is 59. The quantitative estimate of drug-likeness (QED) is 0.0199. The van der Waals surface area contributed by atoms with E-state index in [0.29, 0.717) is 12.8 Å². The van der Waals surface area contributed by atoms with Gasteiger partial charge in [0.1, 0.15) is 73.2 Å². The van der Waals surface area contributed by atoms with Crippen molar-refractivity contribution >= 4 is 5.91 Å². The molecular formula is C74H137NO18. The molecule has 1 amide bonds. The largest absolute Gasteiger partial charge is 0.394 e. The molecule has 3 saturated heterocycles. The molecule has 93 heavy (non-hydrogen) atoms. The lowest BCUT2D eigenvalue weighted by molar-refractivity contribution is -0.379. The number of amides is 1. The maximum absolute atomic E-state index is 13.5. The molecule has 12 N–H and O–H groups in total. The lowest BCUT2D eigenvalue weighted by atomic mass is 9.96. The van der Waals surface area contributed by atoms with Crippen LogP contribution in [-0.2, 0) is 33.2 Å². The van der Waals surface area contributed by atoms with Gasteiger partial charge >= 0.3 is 0 Å². The monoisotopic (exact) mass is 1330 g/mol. The van der Waals surface area contributed by atoms with Crippen LogP contribution >= 0.6 is 0 Å². The zero-order valence-electron chi connectivity index (χ0n) is 58.0. The van der Waals surface area contributed by atoms with Crippen molar-refractivity contribution in [2.45, 2.75) is 401 Å². The van der Waals surface area contributed by atoms with E-state index in [2.05, 4.69) is 55.6 Å². The van der Waals surface area contributed by atoms with E-state index in [1.807, 2.05) is 0 Å². The summed E-state index contributed by atoms with van der Waals surface area (Å²) in [5, 5.41) is 121. The number of allylic oxidation sites excluding steroid dienone is 6. The van der Waals surface area contributed by atoms with Gasteiger partial charge in [0.2, 0.25) is 5.91 Å². The van der Waals surface area contributed by atoms with Crippen LogP contribution in [0, 0.1) is 0 Å². The molecule has 17 atom stereocenters. The maximum Gasteiger partial charge on any atom is 0.220 e. The summed E-state index contributed by atoms with van der Waals surface area (Å²) < 4.78 is 34.5. The molecule has 0 radical (unpaired) electrons. The Kier molecular flexibility index (Phi) is 51.2. The van der Waals surface area contributed by atoms with Crippen LogP contribution in [0.25, 0.3) is 0 Å². The third kappa shape index (κ3) is 37.1. The minimum Gasteiger partial charge on any atom is -0.394 e. The fourth-order valence-electron chi connectivity index (χ4n) is 12.9. The second-order valence-corrected chi connectivity index (χ2v) is 27.1. The summed E-state index contributed by atoms with van der Waals surface area (Å²) in [6.07, 6.45) is 39.3. The molecule has 0 spiro atoms. The Hall–Kier alpha value is -1.99. The molecule has 19 nitrogen and oxygen atoms in total. The molecule has 0 saturated carbocycles. The first-order valence-electron chi connectivity index (χ1n) is 37.7. The minimum atomic E-state index is -1.97. The second kappa shape index (κ2) is 55.8. The van der Waals surface area contributed by atoms with Gasteiger partial charge in [-0.2, -0.15) is 0 Å². The first-order chi connectivity index (χ1) is 45.3. The average molecular weight is 1330 g/mol. The Morgan fingerprint density at radius 1 is 0.387 bits per heavy atom. The third-order valence-corrected chi connectivity index (χ3v) is 19.0. The van der Waals surface area contributed by atoms with Crippen LogP contribution in [0.5, 0.6) is 0 Å². The predicted molar refractivity (Wildman–Crippen MR) is 365 cm³/mol. The minimum absolute atomic E-state index is 0.247. The summed E-state index contributed by atoms with van der Waals surface area (Å²) in [7, 11) is 0. The summed E-state index contributed by atoms with van der Waals surface area (Å²) in [6, 6.07) is -0.893. The van der Waals surface area contributed by atoms with E-state index in [-0.39, 0.29) is 18.9 Å². The molecule has 3 aliphatic heterocycles. The third-order valence-electron chi connectivity index (χ3n) is 19.0. The van der Waals surface area contributed by atoms with Crippen molar-refractivity contribution in [3.63, 3.8) is 0 Å². The number of unbranched alkanes of at least 4 members (excludes halogenated alkanes) is 37. The van der Waals surface area contributed by atoms with E-state index in [9.17, 15) is 61.0 Å². The molecule has 0 aromatic rings. The van der Waals surface area contributed by atoms with Gasteiger partial charge in [-0.05, 0) is 51.4 Å². The molecule has 0 bridgehead atoms. The molecule has 3 rings (SSSR count). The first kappa shape index (κ1) is 85.2. The Bertz CT molecular complexity index is 1830. The summed E-state index contributed by atoms with van der Waals surface area (Å²) in [5.41, 5.74) is 0. The Balaban J connectivity index is 1.41. The highest BCUT2D eigenvalue weighted by molar-refractivity contribution is 5.76. The van der Waals surface area contributed by atoms with Crippen LogP contribution in [0.1, 0.15) is 296 Å². The van der Waals surface area contributed by atoms with Crippen molar-refractivity contribution in [3.05, 3.63) is 36.5 Å². The van der Waals surface area contributed by atoms with Crippen LogP contribution in [0.4, 0.5) is 0 Å². The number of carbonyl (C=O) groups is 1. The van der Waals surface area contributed by atoms with Crippen LogP contribution in [0.15, 0.2) is 36.5 Å². The normalized spacial score (nSPS) is 27.7. The number of aliphatic hydroxyl groups is 11. The topological polar surface area (TPSA) is 307 Å². The molecule has 17 unspecified atom stereocenters. The molecule has 0 aromatic heterocycles. The summed E-state index contributed by atoms with van der Waals surface area (Å²) in [6.45, 7) is 1.82. The molecule has 19 heteroatoms. The molecular weight excluding hydrogens is 1190 g/mol. The van der Waals surface area contributed by atoms with Crippen molar-refractivity contribution < 1.29 is 89.4 Å². The first-order valence-corrected chi connectivity index (χ1v) is 37.7. The van der Waals surface area contributed by atoms with Gasteiger partial charge in [-0.3, -0.25) is 4.79 Å². The second-order valence-electron chi connectivity index (χ2n) is 27.1. The SMILES string of the molecule is CCCCCCC/C=C\C/C=C\C/C=C\CCCCCCCCCCC(=O)NC(COC1OC(CO)C(OC2OC(CO)C(OC3OC(CO)C(O)C(O)C3O)C(O)C2O)C(O)C1O)C(O)CCCCCCCCCCCCCCCCCCCCCCCCCCC. The van der Waals surface area contributed by atoms with Crippen molar-refractivity contribution in [2.75, 3.05) is 26.4 Å². The van der Waals surface area contributed by atoms with Crippen LogP contribution < -0.4 is 5.32 Å². The van der Waals surface area contributed by atoms with E-state index in [1.54, 1.807) is 0 Å². The van der Waals surface area contributed by atoms with Crippen LogP contribution in [0.2, 0.25) is 0 Å². The maximum atomic E-state index is 13.5. The van der Waals surface area contributed by atoms with Crippen LogP contribution in [0.3, 0.4) is 0 Å². The number of nitrogens with one attached hydrogen (secondary N) is 1. The number of ether oxygens (including phenoxy) is 6. The lowest BCUT2D eigenvalue weighted by Crippen LogP contribution is -2.66. The average Bonchev–Trinajstić information content (AvgIpc) is 0.814. The summed E-state index contributed by atoms with van der Waals surface area (Å²) >= 11 is 0. The van der Waals surface area contributed by atoms with Crippen LogP contribution in [-0.4, -0.2) is 193 Å². The number of aliphatic hydroxyl groups excluding tert-OH is 11. The molecule has 3 fully saturated rings. The van der Waals surface area contributed by atoms with Crippen molar-refractivity contribution in [2.24, 2.45) is 0 Å². The summed E-state index contributed by atoms with van der Waals surface area (Å²) in [4.78, 5) is 13.5. The van der Waals surface area contributed by atoms with Gasteiger partial charge in [-0.15, -0.1) is 0 Å². The van der Waals surface area contributed by atoms with Gasteiger partial charge in [0.15, 0.2) is 18.9 Å². The van der Waals surface area contributed by atoms with E-state index in [0.717, 1.165) is 70.6 Å². The van der Waals surface area contributed by atoms with Gasteiger partial charge in [-0.25, -0.2) is 0 Å². The highest BCUT2D eigenvalue weighted by Crippen LogP contribution is 2.33. The molecule has 0 aliphatic carbocycles. The molecule has 3 heterocycles. The van der Waals surface area contributed by atoms with E-state index in [4.69, 9.17) is 28.4 Å². The number of hydrogen-bond acceptors (Lipinski definition) is 18. The van der Waals surface area contributed by atoms with E-state index >= 15 is 0 Å². The fraction of sp³-hybridized carbons (Fsp3) is 0.905. The highest BCUT2D eigenvalue weighted by Gasteiger charge is 2.53. The zero-order valence-corrected chi connectivity index (χ0v) is 58.0. The Morgan fingerprint density at radius 3 is 1.11 bits per heavy atom. The number of hydrogen-bond donors (Lipinski definition) is 12. The predicted octanol–water partition coefficient (Wildman–Crippen LogP) is 11.2. The van der Waals surface area contributed by atoms with E-state index < -0.39 is 124 Å². The van der Waals surface area contributed by atoms with Crippen molar-refractivity contribution in [3.8, 4) is 0 Å². The standard InChI is InChI=1S/C74H137NO18/c1-3-5-7-9-11-13-15-17-19-21-23-25-27-28-30-31-33-35-37-39-41-43-45-47-49-51-58(79)57(75-62(80)52-50-48-46-44-42-40-38-36-34-32-29-26-24-22-20-18-16-14-12-10-8-6-4-2)56-88-72-68(86)65(83)70(60(54-77)90-72)93-74-69(87)66(84)71(61(55-78)91-74)92-73-67(85)64(82)63(81)59(53-76)89-73/h16,18,22,24,29,32,57-61,63-74,76-79,81-87H,3-15,17,19-21,23,25-28,30-31,33-56H2,1-2H3,(H,75,80)/b18-16-,24-22-,32-29-. The Labute approximate surface area is 561 Å². The molecule has 3 aliphatic rings. The van der Waals surface area contributed by atoms with Gasteiger partial charge < -0.3 is 89.9 Å². The van der Waals surface area contributed by atoms with Crippen molar-refractivity contribution in [1.82, 2.24) is 5.32 Å². The number of carbonyl (C=O) groups excluding carboxylic acids is 1. The van der Waals surface area contributed by atoms with Crippen molar-refractivity contribution in [1.29, 1.82) is 0 Å². The van der Waals surface area contributed by atoms with Gasteiger partial charge in [-0.1, -0.05) is 275 Å². The van der Waals surface area contributed by atoms with Gasteiger partial charge in [0.25, 0.3) is 0 Å². The van der Waals surface area contributed by atoms with E-state index in [1.165, 1.54) is 193 Å². The highest BCUT2D eigenvalue weighted by atomic mass is 16.8. The molecule has 0 aromatic carbocycles. The fourth-order valence-corrected chi connectivity index (χ4v) is 12.9. The summed E-state index contributed by atoms with van der Waals surface area (Å²) in [5.74, 6) is -0.247.